The van der Waals surface area contributed by atoms with Gasteiger partial charge in [0.2, 0.25) is 0 Å². The predicted octanol–water partition coefficient (Wildman–Crippen LogP) is 12.7. The highest BCUT2D eigenvalue weighted by molar-refractivity contribution is 6.18. The predicted molar refractivity (Wildman–Crippen MR) is 215 cm³/mol. The Morgan fingerprint density at radius 3 is 1.86 bits per heavy atom. The van der Waals surface area contributed by atoms with Crippen molar-refractivity contribution in [2.45, 2.75) is 25.3 Å². The molecule has 1 unspecified atom stereocenters. The van der Waals surface area contributed by atoms with Crippen molar-refractivity contribution in [3.63, 3.8) is 0 Å². The number of allylic oxidation sites excluding steroid dienone is 6. The number of aromatic nitrogens is 2. The first kappa shape index (κ1) is 29.6. The van der Waals surface area contributed by atoms with Crippen LogP contribution in [0.25, 0.3) is 60.4 Å². The van der Waals surface area contributed by atoms with Gasteiger partial charge in [-0.15, -0.1) is 0 Å². The van der Waals surface area contributed by atoms with E-state index in [2.05, 4.69) is 196 Å². The quantitative estimate of drug-likeness (QED) is 0.174. The fraction of sp³-hybridized carbons (Fsp3) is 0.0833. The number of fused-ring (bicyclic) bond motifs is 6. The zero-order chi connectivity index (χ0) is 33.7. The molecule has 8 aromatic rings. The minimum absolute atomic E-state index is 0.182. The van der Waals surface area contributed by atoms with Crippen molar-refractivity contribution in [3.05, 3.63) is 193 Å². The maximum absolute atomic E-state index is 2.57. The van der Waals surface area contributed by atoms with Gasteiger partial charge in [-0.05, 0) is 91.1 Å². The summed E-state index contributed by atoms with van der Waals surface area (Å²) in [4.78, 5) is 2.42. The molecule has 2 aliphatic carbocycles. The molecule has 1 atom stereocenters. The van der Waals surface area contributed by atoms with E-state index in [1.54, 1.807) is 0 Å². The molecule has 0 spiro atoms. The summed E-state index contributed by atoms with van der Waals surface area (Å²) < 4.78 is 4.99. The molecule has 0 amide bonds. The second kappa shape index (κ2) is 12.2. The molecule has 0 radical (unpaired) electrons. The van der Waals surface area contributed by atoms with Gasteiger partial charge in [0.15, 0.2) is 0 Å². The van der Waals surface area contributed by atoms with Gasteiger partial charge in [0, 0.05) is 49.8 Å². The smallest absolute Gasteiger partial charge is 0.0562 e. The van der Waals surface area contributed by atoms with Gasteiger partial charge in [-0.2, -0.15) is 0 Å². The Hall–Kier alpha value is -6.32. The zero-order valence-electron chi connectivity index (χ0n) is 28.4. The van der Waals surface area contributed by atoms with Crippen LogP contribution in [0.3, 0.4) is 0 Å². The van der Waals surface area contributed by atoms with Crippen LogP contribution in [0.5, 0.6) is 0 Å². The van der Waals surface area contributed by atoms with E-state index in [9.17, 15) is 0 Å². The minimum Gasteiger partial charge on any atom is -0.333 e. The Balaban J connectivity index is 1.08. The molecule has 2 aromatic heterocycles. The van der Waals surface area contributed by atoms with Crippen molar-refractivity contribution in [1.82, 2.24) is 9.13 Å². The Morgan fingerprint density at radius 1 is 0.490 bits per heavy atom. The van der Waals surface area contributed by atoms with E-state index in [0.29, 0.717) is 0 Å². The fourth-order valence-corrected chi connectivity index (χ4v) is 8.27. The number of benzene rings is 6. The molecule has 0 saturated heterocycles. The van der Waals surface area contributed by atoms with Crippen LogP contribution >= 0.6 is 0 Å². The first-order valence-electron chi connectivity index (χ1n) is 18.0. The summed E-state index contributed by atoms with van der Waals surface area (Å²) in [6.07, 6.45) is 17.2. The highest BCUT2D eigenvalue weighted by Gasteiger charge is 2.23. The van der Waals surface area contributed by atoms with Gasteiger partial charge in [-0.25, -0.2) is 0 Å². The minimum atomic E-state index is 0.182. The van der Waals surface area contributed by atoms with Crippen molar-refractivity contribution >= 4 is 49.3 Å². The zero-order valence-corrected chi connectivity index (χ0v) is 28.4. The van der Waals surface area contributed by atoms with Crippen LogP contribution in [-0.2, 0) is 0 Å². The van der Waals surface area contributed by atoms with Crippen molar-refractivity contribution in [2.24, 2.45) is 0 Å². The lowest BCUT2D eigenvalue weighted by molar-refractivity contribution is 0.643. The molecule has 244 valence electrons. The number of anilines is 1. The molecule has 0 bridgehead atoms. The van der Waals surface area contributed by atoms with Gasteiger partial charge >= 0.3 is 0 Å². The lowest BCUT2D eigenvalue weighted by Crippen LogP contribution is -2.22. The maximum atomic E-state index is 2.57. The van der Waals surface area contributed by atoms with E-state index in [0.717, 1.165) is 19.3 Å². The molecule has 3 heteroatoms. The third-order valence-corrected chi connectivity index (χ3v) is 10.6. The van der Waals surface area contributed by atoms with E-state index in [1.807, 2.05) is 0 Å². The number of hydrogen-bond donors (Lipinski definition) is 0. The molecule has 2 aliphatic rings. The molecule has 0 fully saturated rings. The van der Waals surface area contributed by atoms with Crippen LogP contribution < -0.4 is 4.90 Å². The molecular weight excluding hydrogens is 619 g/mol. The summed E-state index contributed by atoms with van der Waals surface area (Å²) in [5.41, 5.74) is 12.3. The summed E-state index contributed by atoms with van der Waals surface area (Å²) >= 11 is 0. The van der Waals surface area contributed by atoms with Gasteiger partial charge in [0.1, 0.15) is 0 Å². The van der Waals surface area contributed by atoms with E-state index in [4.69, 9.17) is 0 Å². The van der Waals surface area contributed by atoms with E-state index >= 15 is 0 Å². The van der Waals surface area contributed by atoms with Crippen LogP contribution in [0.4, 0.5) is 5.69 Å². The van der Waals surface area contributed by atoms with Gasteiger partial charge in [0.25, 0.3) is 0 Å². The van der Waals surface area contributed by atoms with Gasteiger partial charge in [0.05, 0.1) is 22.6 Å². The lowest BCUT2D eigenvalue weighted by atomic mass is 10.0. The fourth-order valence-electron chi connectivity index (χ4n) is 8.27. The summed E-state index contributed by atoms with van der Waals surface area (Å²) in [5.74, 6) is 0. The molecule has 3 nitrogen and oxygen atoms in total. The molecule has 2 heterocycles. The van der Waals surface area contributed by atoms with Crippen LogP contribution in [-0.4, -0.2) is 9.13 Å². The second-order valence-corrected chi connectivity index (χ2v) is 13.6. The molecule has 0 aliphatic heterocycles. The first-order chi connectivity index (χ1) is 25.3. The standard InChI is InChI=1S/C48H37N3/c1-4-14-34(15-5-1)35-24-26-38(27-25-35)49(36-16-6-2-7-17-36)39-28-30-40(31-29-39)51-46-23-13-11-21-42(46)44-32-43-41-20-10-12-22-45(41)50(47(43)33-48(44)51)37-18-8-3-9-19-37/h1,3-6,8-30,32-33,40H,2,7,31H2. The summed E-state index contributed by atoms with van der Waals surface area (Å²) in [6, 6.07) is 53.2. The molecular formula is C48H37N3. The van der Waals surface area contributed by atoms with Crippen LogP contribution in [0.15, 0.2) is 193 Å². The summed E-state index contributed by atoms with van der Waals surface area (Å²) in [7, 11) is 0. The second-order valence-electron chi connectivity index (χ2n) is 13.6. The summed E-state index contributed by atoms with van der Waals surface area (Å²) in [5, 5.41) is 5.17. The normalized spacial score (nSPS) is 15.9. The largest absolute Gasteiger partial charge is 0.333 e. The molecule has 0 saturated carbocycles. The molecule has 6 aromatic carbocycles. The average molecular weight is 656 g/mol. The van der Waals surface area contributed by atoms with Crippen LogP contribution in [0.1, 0.15) is 25.3 Å². The Morgan fingerprint density at radius 2 is 1.14 bits per heavy atom. The van der Waals surface area contributed by atoms with Crippen molar-refractivity contribution in [3.8, 4) is 16.8 Å². The van der Waals surface area contributed by atoms with E-state index in [-0.39, 0.29) is 6.04 Å². The van der Waals surface area contributed by atoms with Gasteiger partial charge in [-0.1, -0.05) is 121 Å². The highest BCUT2D eigenvalue weighted by atomic mass is 15.2. The van der Waals surface area contributed by atoms with Gasteiger partial charge in [-0.3, -0.25) is 0 Å². The van der Waals surface area contributed by atoms with Crippen LogP contribution in [0.2, 0.25) is 0 Å². The van der Waals surface area contributed by atoms with E-state index in [1.165, 1.54) is 77.5 Å². The maximum Gasteiger partial charge on any atom is 0.0562 e. The third kappa shape index (κ3) is 4.96. The number of rotatable bonds is 6. The number of nitrogens with zero attached hydrogens (tertiary/aromatic N) is 3. The number of para-hydroxylation sites is 3. The van der Waals surface area contributed by atoms with Gasteiger partial charge < -0.3 is 14.0 Å². The SMILES string of the molecule is C1=CC(N(C2=CCC(n3c4ccccc4c4cc5c6ccccc6n(-c6ccccc6)c5cc43)C=C2)c2ccc(-c3ccccc3)cc2)=CCC1. The van der Waals surface area contributed by atoms with Crippen LogP contribution in [0, 0.1) is 0 Å². The third-order valence-electron chi connectivity index (χ3n) is 10.6. The molecule has 10 rings (SSSR count). The lowest BCUT2D eigenvalue weighted by Gasteiger charge is -2.31. The van der Waals surface area contributed by atoms with Crippen molar-refractivity contribution in [2.75, 3.05) is 4.90 Å². The van der Waals surface area contributed by atoms with E-state index < -0.39 is 0 Å². The number of hydrogen-bond acceptors (Lipinski definition) is 1. The summed E-state index contributed by atoms with van der Waals surface area (Å²) in [6.45, 7) is 0. The highest BCUT2D eigenvalue weighted by Crippen LogP contribution is 2.41. The average Bonchev–Trinajstić information content (AvgIpc) is 3.71. The Labute approximate surface area is 298 Å². The van der Waals surface area contributed by atoms with Crippen molar-refractivity contribution in [1.29, 1.82) is 0 Å². The Kier molecular flexibility index (Phi) is 7.09. The monoisotopic (exact) mass is 655 g/mol. The van der Waals surface area contributed by atoms with Crippen molar-refractivity contribution < 1.29 is 0 Å². The topological polar surface area (TPSA) is 13.1 Å². The molecule has 0 N–H and O–H groups in total. The first-order valence-corrected chi connectivity index (χ1v) is 18.0. The molecule has 51 heavy (non-hydrogen) atoms. The Bertz CT molecular complexity index is 2700.